The van der Waals surface area contributed by atoms with Gasteiger partial charge in [-0.3, -0.25) is 0 Å². The molecular weight excluding hydrogens is 392 g/mol. The van der Waals surface area contributed by atoms with E-state index in [0.29, 0.717) is 25.4 Å². The van der Waals surface area contributed by atoms with Gasteiger partial charge in [-0.2, -0.15) is 0 Å². The Balaban J connectivity index is 1.47. The molecule has 2 heterocycles. The van der Waals surface area contributed by atoms with Crippen molar-refractivity contribution in [2.75, 3.05) is 31.2 Å². The van der Waals surface area contributed by atoms with Gasteiger partial charge in [0.25, 0.3) is 0 Å². The van der Waals surface area contributed by atoms with Crippen LogP contribution in [0.15, 0.2) is 67.0 Å². The van der Waals surface area contributed by atoms with Crippen LogP contribution in [0.3, 0.4) is 0 Å². The largest absolute Gasteiger partial charge is 0.487 e. The number of nitrogens with zero attached hydrogens (tertiary/aromatic N) is 2. The third-order valence-electron chi connectivity index (χ3n) is 5.26. The van der Waals surface area contributed by atoms with Crippen LogP contribution in [0.5, 0.6) is 5.75 Å². The average molecular weight is 421 g/mol. The van der Waals surface area contributed by atoms with Crippen LogP contribution in [0.4, 0.5) is 5.69 Å². The van der Waals surface area contributed by atoms with Crippen LogP contribution in [0.2, 0.25) is 0 Å². The maximum Gasteiger partial charge on any atom is 0.340 e. The summed E-state index contributed by atoms with van der Waals surface area (Å²) in [6.07, 6.45) is 3.99. The minimum absolute atomic E-state index is 0.0986. The van der Waals surface area contributed by atoms with Gasteiger partial charge in [-0.1, -0.05) is 18.2 Å². The van der Waals surface area contributed by atoms with Crippen molar-refractivity contribution in [1.29, 1.82) is 0 Å². The fraction of sp³-hybridized carbons (Fsp3) is 0.320. The van der Waals surface area contributed by atoms with Crippen molar-refractivity contribution in [1.82, 2.24) is 4.57 Å². The third kappa shape index (κ3) is 4.75. The number of carbonyl (C=O) groups is 1. The Morgan fingerprint density at radius 2 is 1.71 bits per heavy atom. The zero-order chi connectivity index (χ0) is 21.6. The molecule has 0 amide bonds. The van der Waals surface area contributed by atoms with Crippen molar-refractivity contribution in [3.8, 4) is 11.4 Å². The maximum absolute atomic E-state index is 12.6. The lowest BCUT2D eigenvalue weighted by Crippen LogP contribution is -2.54. The van der Waals surface area contributed by atoms with Gasteiger partial charge in [-0.05, 0) is 55.8 Å². The fourth-order valence-corrected chi connectivity index (χ4v) is 3.70. The van der Waals surface area contributed by atoms with Crippen LogP contribution in [-0.2, 0) is 16.1 Å². The third-order valence-corrected chi connectivity index (χ3v) is 5.26. The van der Waals surface area contributed by atoms with E-state index >= 15 is 0 Å². The van der Waals surface area contributed by atoms with Gasteiger partial charge in [0.05, 0.1) is 43.2 Å². The number of hydrogen-bond acceptors (Lipinski definition) is 5. The first kappa shape index (κ1) is 21.0. The first-order valence-corrected chi connectivity index (χ1v) is 10.7. The Hall–Kier alpha value is -3.25. The first-order chi connectivity index (χ1) is 15.2. The molecule has 3 aromatic rings. The van der Waals surface area contributed by atoms with E-state index in [1.165, 1.54) is 0 Å². The number of ether oxygens (including phenoxy) is 3. The Labute approximate surface area is 183 Å². The lowest BCUT2D eigenvalue weighted by Gasteiger charge is -2.41. The van der Waals surface area contributed by atoms with E-state index in [1.807, 2.05) is 85.4 Å². The molecule has 6 nitrogen and oxygen atoms in total. The summed E-state index contributed by atoms with van der Waals surface area (Å²) in [6, 6.07) is 17.7. The molecule has 0 unspecified atom stereocenters. The van der Waals surface area contributed by atoms with E-state index in [-0.39, 0.29) is 12.1 Å². The summed E-state index contributed by atoms with van der Waals surface area (Å²) >= 11 is 0. The molecule has 1 aromatic heterocycles. The van der Waals surface area contributed by atoms with Gasteiger partial charge in [0.15, 0.2) is 0 Å². The average Bonchev–Trinajstić information content (AvgIpc) is 3.29. The van der Waals surface area contributed by atoms with E-state index in [2.05, 4.69) is 4.90 Å². The summed E-state index contributed by atoms with van der Waals surface area (Å²) < 4.78 is 18.8. The number of aromatic nitrogens is 1. The highest BCUT2D eigenvalue weighted by molar-refractivity contribution is 5.96. The van der Waals surface area contributed by atoms with Gasteiger partial charge in [0.2, 0.25) is 0 Å². The van der Waals surface area contributed by atoms with Crippen molar-refractivity contribution in [3.63, 3.8) is 0 Å². The summed E-state index contributed by atoms with van der Waals surface area (Å²) in [4.78, 5) is 14.8. The minimum Gasteiger partial charge on any atom is -0.487 e. The SMILES string of the molecule is CCOCc1ccc(OC2CN(c3cccc(C(=O)OCC)c3-n3cccc3)C2)cc1. The molecule has 2 aromatic carbocycles. The zero-order valence-corrected chi connectivity index (χ0v) is 18.0. The Morgan fingerprint density at radius 3 is 2.39 bits per heavy atom. The van der Waals surface area contributed by atoms with Crippen LogP contribution >= 0.6 is 0 Å². The number of carbonyl (C=O) groups excluding carboxylic acids is 1. The molecule has 162 valence electrons. The van der Waals surface area contributed by atoms with Gasteiger partial charge in [-0.25, -0.2) is 4.79 Å². The molecule has 1 aliphatic rings. The molecule has 4 rings (SSSR count). The summed E-state index contributed by atoms with van der Waals surface area (Å²) in [5.41, 5.74) is 3.53. The number of esters is 1. The second kappa shape index (κ2) is 9.71. The van der Waals surface area contributed by atoms with Crippen molar-refractivity contribution >= 4 is 11.7 Å². The highest BCUT2D eigenvalue weighted by Gasteiger charge is 2.32. The maximum atomic E-state index is 12.6. The molecule has 31 heavy (non-hydrogen) atoms. The van der Waals surface area contributed by atoms with Crippen molar-refractivity contribution < 1.29 is 19.0 Å². The monoisotopic (exact) mass is 420 g/mol. The van der Waals surface area contributed by atoms with Crippen molar-refractivity contribution in [3.05, 3.63) is 78.1 Å². The Bertz CT molecular complexity index is 993. The molecule has 0 saturated carbocycles. The summed E-state index contributed by atoms with van der Waals surface area (Å²) in [6.45, 7) is 6.98. The van der Waals surface area contributed by atoms with Crippen molar-refractivity contribution in [2.45, 2.75) is 26.6 Å². The lowest BCUT2D eigenvalue weighted by molar-refractivity contribution is 0.0526. The van der Waals surface area contributed by atoms with E-state index in [0.717, 1.165) is 35.8 Å². The Kier molecular flexibility index (Phi) is 6.57. The lowest BCUT2D eigenvalue weighted by atomic mass is 10.1. The van der Waals surface area contributed by atoms with Gasteiger partial charge in [-0.15, -0.1) is 0 Å². The van der Waals surface area contributed by atoms with E-state index in [1.54, 1.807) is 0 Å². The molecule has 0 atom stereocenters. The fourth-order valence-electron chi connectivity index (χ4n) is 3.70. The summed E-state index contributed by atoms with van der Waals surface area (Å²) in [7, 11) is 0. The number of benzene rings is 2. The minimum atomic E-state index is -0.312. The molecule has 0 spiro atoms. The number of anilines is 1. The van der Waals surface area contributed by atoms with Crippen molar-refractivity contribution in [2.24, 2.45) is 0 Å². The van der Waals surface area contributed by atoms with Crippen LogP contribution in [-0.4, -0.2) is 42.9 Å². The standard InChI is InChI=1S/C25H28N2O4/c1-3-29-18-19-10-12-20(13-11-19)31-21-16-27(17-21)23-9-7-8-22(25(28)30-4-2)24(23)26-14-5-6-15-26/h5-15,21H,3-4,16-18H2,1-2H3. The van der Waals surface area contributed by atoms with Crippen LogP contribution in [0.25, 0.3) is 5.69 Å². The van der Waals surface area contributed by atoms with Gasteiger partial charge >= 0.3 is 5.97 Å². The molecule has 1 fully saturated rings. The predicted molar refractivity (Wildman–Crippen MR) is 120 cm³/mol. The second-order valence-electron chi connectivity index (χ2n) is 7.41. The molecule has 0 aliphatic carbocycles. The molecule has 1 saturated heterocycles. The van der Waals surface area contributed by atoms with E-state index < -0.39 is 0 Å². The summed E-state index contributed by atoms with van der Waals surface area (Å²) in [5.74, 6) is 0.546. The molecule has 0 radical (unpaired) electrons. The topological polar surface area (TPSA) is 52.9 Å². The Morgan fingerprint density at radius 1 is 0.968 bits per heavy atom. The predicted octanol–water partition coefficient (Wildman–Crippen LogP) is 4.46. The van der Waals surface area contributed by atoms with Crippen LogP contribution < -0.4 is 9.64 Å². The molecular formula is C25H28N2O4. The number of hydrogen-bond donors (Lipinski definition) is 0. The van der Waals surface area contributed by atoms with Gasteiger partial charge in [0.1, 0.15) is 11.9 Å². The number of rotatable bonds is 9. The van der Waals surface area contributed by atoms with E-state index in [4.69, 9.17) is 14.2 Å². The van der Waals surface area contributed by atoms with Crippen LogP contribution in [0.1, 0.15) is 29.8 Å². The molecule has 0 bridgehead atoms. The highest BCUT2D eigenvalue weighted by atomic mass is 16.5. The van der Waals surface area contributed by atoms with Crippen LogP contribution in [0, 0.1) is 0 Å². The van der Waals surface area contributed by atoms with Gasteiger partial charge < -0.3 is 23.7 Å². The molecule has 6 heteroatoms. The molecule has 0 N–H and O–H groups in total. The molecule has 1 aliphatic heterocycles. The smallest absolute Gasteiger partial charge is 0.340 e. The highest BCUT2D eigenvalue weighted by Crippen LogP contribution is 2.33. The van der Waals surface area contributed by atoms with E-state index in [9.17, 15) is 4.79 Å². The normalized spacial score (nSPS) is 13.7. The quantitative estimate of drug-likeness (QED) is 0.479. The first-order valence-electron chi connectivity index (χ1n) is 10.7. The van der Waals surface area contributed by atoms with Gasteiger partial charge in [0, 0.05) is 19.0 Å². The number of para-hydroxylation sites is 1. The summed E-state index contributed by atoms with van der Waals surface area (Å²) in [5, 5.41) is 0. The zero-order valence-electron chi connectivity index (χ0n) is 18.0. The second-order valence-corrected chi connectivity index (χ2v) is 7.41.